The van der Waals surface area contributed by atoms with Gasteiger partial charge in [0.25, 0.3) is 0 Å². The summed E-state index contributed by atoms with van der Waals surface area (Å²) in [5.41, 5.74) is 2.78. The van der Waals surface area contributed by atoms with E-state index in [4.69, 9.17) is 0 Å². The number of likely N-dealkylation sites (N-methyl/N-ethyl adjacent to an activating group) is 1. The van der Waals surface area contributed by atoms with Crippen LogP contribution in [0.15, 0.2) is 36.0 Å². The fraction of sp³-hybridized carbons (Fsp3) is 0.647. The zero-order valence-corrected chi connectivity index (χ0v) is 14.9. The van der Waals surface area contributed by atoms with Crippen molar-refractivity contribution < 1.29 is 21.9 Å². The molecule has 1 nitrogen and oxygen atoms in total. The molecule has 0 saturated heterocycles. The lowest BCUT2D eigenvalue weighted by Gasteiger charge is -2.12. The monoisotopic (exact) mass is 329 g/mol. The minimum atomic E-state index is 0. The molecule has 0 aliphatic rings. The van der Waals surface area contributed by atoms with E-state index >= 15 is 0 Å². The summed E-state index contributed by atoms with van der Waals surface area (Å²) in [5, 5.41) is 0. The van der Waals surface area contributed by atoms with Crippen LogP contribution in [0.3, 0.4) is 0 Å². The first-order chi connectivity index (χ1) is 8.60. The first-order valence-electron chi connectivity index (χ1n) is 7.38. The standard InChI is InChI=1S/C17H31N.BrH/c1-6-18(7-2)15-11-10-14-17(5)13-9-8-12-16(3)4;/h10-11,13H,3,6-9,12,14-15H2,1-2,4-5H3;1H. The average molecular weight is 330 g/mol. The second kappa shape index (κ2) is 14.1. The van der Waals surface area contributed by atoms with Gasteiger partial charge in [-0.15, -0.1) is 6.58 Å². The number of allylic oxidation sites excluding steroid dienone is 4. The molecular weight excluding hydrogens is 298 g/mol. The molecular formula is C17H32BrN. The Morgan fingerprint density at radius 3 is 2.26 bits per heavy atom. The summed E-state index contributed by atoms with van der Waals surface area (Å²) in [7, 11) is 0. The zero-order valence-electron chi connectivity index (χ0n) is 13.3. The van der Waals surface area contributed by atoms with E-state index in [0.29, 0.717) is 0 Å². The Kier molecular flexibility index (Phi) is 15.5. The van der Waals surface area contributed by atoms with Crippen LogP contribution in [0.5, 0.6) is 0 Å². The van der Waals surface area contributed by atoms with Crippen molar-refractivity contribution in [3.8, 4) is 0 Å². The van der Waals surface area contributed by atoms with Gasteiger partial charge in [0.2, 0.25) is 0 Å². The Morgan fingerprint density at radius 1 is 1.11 bits per heavy atom. The predicted molar refractivity (Wildman–Crippen MR) is 83.1 cm³/mol. The summed E-state index contributed by atoms with van der Waals surface area (Å²) >= 11 is 0. The first kappa shape index (κ1) is 21.0. The highest BCUT2D eigenvalue weighted by Gasteiger charge is 1.96. The van der Waals surface area contributed by atoms with Gasteiger partial charge in [0.1, 0.15) is 0 Å². The largest absolute Gasteiger partial charge is 1.00 e. The minimum Gasteiger partial charge on any atom is -1.00 e. The van der Waals surface area contributed by atoms with Crippen molar-refractivity contribution in [1.82, 2.24) is 0 Å². The third-order valence-corrected chi connectivity index (χ3v) is 3.31. The van der Waals surface area contributed by atoms with Gasteiger partial charge in [0.15, 0.2) is 0 Å². The molecule has 0 bridgehead atoms. The number of halogens is 1. The fourth-order valence-electron chi connectivity index (χ4n) is 1.89. The zero-order chi connectivity index (χ0) is 13.8. The third kappa shape index (κ3) is 13.9. The molecule has 0 aliphatic heterocycles. The summed E-state index contributed by atoms with van der Waals surface area (Å²) in [6, 6.07) is 0. The van der Waals surface area contributed by atoms with Crippen molar-refractivity contribution in [2.24, 2.45) is 0 Å². The van der Waals surface area contributed by atoms with Gasteiger partial charge in [-0.3, -0.25) is 0 Å². The molecule has 0 heterocycles. The van der Waals surface area contributed by atoms with Gasteiger partial charge in [0, 0.05) is 0 Å². The Hall–Kier alpha value is -0.340. The quantitative estimate of drug-likeness (QED) is 0.441. The summed E-state index contributed by atoms with van der Waals surface area (Å²) in [5.74, 6) is 0. The van der Waals surface area contributed by atoms with E-state index in [1.807, 2.05) is 0 Å². The molecule has 112 valence electrons. The summed E-state index contributed by atoms with van der Waals surface area (Å²) in [6.45, 7) is 16.4. The number of unbranched alkanes of at least 4 members (excludes halogenated alkanes) is 1. The smallest absolute Gasteiger partial charge is 0.0958 e. The Bertz CT molecular complexity index is 275. The maximum absolute atomic E-state index is 3.93. The second-order valence-corrected chi connectivity index (χ2v) is 5.24. The van der Waals surface area contributed by atoms with Gasteiger partial charge in [-0.1, -0.05) is 23.3 Å². The molecule has 0 spiro atoms. The summed E-state index contributed by atoms with van der Waals surface area (Å²) in [4.78, 5) is 1.65. The van der Waals surface area contributed by atoms with Crippen LogP contribution in [0, 0.1) is 0 Å². The maximum atomic E-state index is 3.93. The van der Waals surface area contributed by atoms with Crippen molar-refractivity contribution in [1.29, 1.82) is 0 Å². The van der Waals surface area contributed by atoms with Crippen LogP contribution in [0.1, 0.15) is 53.4 Å². The van der Waals surface area contributed by atoms with E-state index in [-0.39, 0.29) is 17.0 Å². The predicted octanol–water partition coefficient (Wildman–Crippen LogP) is 0.554. The lowest BCUT2D eigenvalue weighted by Crippen LogP contribution is -3.11. The van der Waals surface area contributed by atoms with Gasteiger partial charge in [-0.05, 0) is 59.5 Å². The highest BCUT2D eigenvalue weighted by Crippen LogP contribution is 2.08. The molecule has 0 fully saturated rings. The molecule has 0 atom stereocenters. The van der Waals surface area contributed by atoms with Crippen LogP contribution in [0.2, 0.25) is 0 Å². The summed E-state index contributed by atoms with van der Waals surface area (Å²) < 4.78 is 0. The number of rotatable bonds is 10. The molecule has 0 aromatic rings. The van der Waals surface area contributed by atoms with Crippen molar-refractivity contribution in [3.63, 3.8) is 0 Å². The van der Waals surface area contributed by atoms with Crippen molar-refractivity contribution in [2.75, 3.05) is 19.6 Å². The van der Waals surface area contributed by atoms with Crippen molar-refractivity contribution >= 4 is 0 Å². The number of hydrogen-bond acceptors (Lipinski definition) is 0. The number of hydrogen-bond donors (Lipinski definition) is 1. The molecule has 0 aliphatic carbocycles. The SMILES string of the molecule is C=C(C)CCCC=C(C)CC=CC[NH+](CC)CC.[Br-]. The molecule has 19 heavy (non-hydrogen) atoms. The highest BCUT2D eigenvalue weighted by molar-refractivity contribution is 5.04. The molecule has 0 aromatic carbocycles. The molecule has 0 rings (SSSR count). The topological polar surface area (TPSA) is 4.44 Å². The molecule has 0 unspecified atom stereocenters. The highest BCUT2D eigenvalue weighted by atomic mass is 79.9. The molecule has 0 amide bonds. The first-order valence-corrected chi connectivity index (χ1v) is 7.38. The minimum absolute atomic E-state index is 0. The van der Waals surface area contributed by atoms with Crippen molar-refractivity contribution in [3.05, 3.63) is 36.0 Å². The normalized spacial score (nSPS) is 11.9. The van der Waals surface area contributed by atoms with Crippen LogP contribution < -0.4 is 21.9 Å². The number of nitrogens with one attached hydrogen (secondary N) is 1. The van der Waals surface area contributed by atoms with Gasteiger partial charge < -0.3 is 21.9 Å². The molecule has 2 heteroatoms. The Labute approximate surface area is 131 Å². The Balaban J connectivity index is 0. The van der Waals surface area contributed by atoms with E-state index in [9.17, 15) is 0 Å². The van der Waals surface area contributed by atoms with Gasteiger partial charge in [-0.25, -0.2) is 0 Å². The van der Waals surface area contributed by atoms with E-state index in [0.717, 1.165) is 19.4 Å². The van der Waals surface area contributed by atoms with Crippen molar-refractivity contribution in [2.45, 2.75) is 53.4 Å². The second-order valence-electron chi connectivity index (χ2n) is 5.24. The molecule has 1 N–H and O–H groups in total. The lowest BCUT2D eigenvalue weighted by molar-refractivity contribution is -0.890. The maximum Gasteiger partial charge on any atom is 0.0958 e. The lowest BCUT2D eigenvalue weighted by atomic mass is 10.1. The fourth-order valence-corrected chi connectivity index (χ4v) is 1.89. The van der Waals surface area contributed by atoms with E-state index in [1.165, 1.54) is 37.1 Å². The average Bonchev–Trinajstić information content (AvgIpc) is 2.34. The third-order valence-electron chi connectivity index (χ3n) is 3.31. The van der Waals surface area contributed by atoms with E-state index in [2.05, 4.69) is 52.5 Å². The van der Waals surface area contributed by atoms with Crippen LogP contribution >= 0.6 is 0 Å². The van der Waals surface area contributed by atoms with Crippen LogP contribution in [0.25, 0.3) is 0 Å². The van der Waals surface area contributed by atoms with Gasteiger partial charge >= 0.3 is 0 Å². The van der Waals surface area contributed by atoms with Crippen LogP contribution in [0.4, 0.5) is 0 Å². The summed E-state index contributed by atoms with van der Waals surface area (Å²) in [6.07, 6.45) is 11.7. The van der Waals surface area contributed by atoms with E-state index < -0.39 is 0 Å². The molecule has 0 saturated carbocycles. The van der Waals surface area contributed by atoms with E-state index in [1.54, 1.807) is 4.90 Å². The van der Waals surface area contributed by atoms with Gasteiger partial charge in [0.05, 0.1) is 19.6 Å². The van der Waals surface area contributed by atoms with Crippen LogP contribution in [-0.2, 0) is 0 Å². The number of quaternary nitrogens is 1. The Morgan fingerprint density at radius 2 is 1.74 bits per heavy atom. The van der Waals surface area contributed by atoms with Crippen LogP contribution in [-0.4, -0.2) is 19.6 Å². The molecule has 0 aromatic heterocycles. The molecule has 0 radical (unpaired) electrons. The van der Waals surface area contributed by atoms with Gasteiger partial charge in [-0.2, -0.15) is 0 Å².